The highest BCUT2D eigenvalue weighted by atomic mass is 19.1. The zero-order valence-corrected chi connectivity index (χ0v) is 17.8. The number of aliphatic carboxylic acids is 1. The maximum absolute atomic E-state index is 14.6. The fourth-order valence-corrected chi connectivity index (χ4v) is 2.58. The van der Waals surface area contributed by atoms with Crippen molar-refractivity contribution in [3.8, 4) is 0 Å². The summed E-state index contributed by atoms with van der Waals surface area (Å²) in [6.45, 7) is 12.5. The summed E-state index contributed by atoms with van der Waals surface area (Å²) in [5.41, 5.74) is -1.68. The first-order chi connectivity index (χ1) is 13.1. The molecule has 10 heteroatoms. The van der Waals surface area contributed by atoms with Gasteiger partial charge < -0.3 is 24.5 Å². The highest BCUT2D eigenvalue weighted by molar-refractivity contribution is 6.62. The second kappa shape index (κ2) is 7.91. The molecule has 2 N–H and O–H groups in total. The Morgan fingerprint density at radius 3 is 2.28 bits per heavy atom. The van der Waals surface area contributed by atoms with Crippen LogP contribution in [0.25, 0.3) is 0 Å². The fourth-order valence-electron chi connectivity index (χ4n) is 2.58. The lowest BCUT2D eigenvalue weighted by Gasteiger charge is -2.32. The van der Waals surface area contributed by atoms with Gasteiger partial charge in [0.25, 0.3) is 0 Å². The van der Waals surface area contributed by atoms with E-state index in [2.05, 4.69) is 10.3 Å². The minimum atomic E-state index is -1.39. The third kappa shape index (κ3) is 5.67. The van der Waals surface area contributed by atoms with Crippen LogP contribution in [-0.4, -0.2) is 52.1 Å². The highest BCUT2D eigenvalue weighted by Crippen LogP contribution is 2.36. The fraction of sp³-hybridized carbons (Fsp3) is 0.632. The van der Waals surface area contributed by atoms with E-state index in [1.54, 1.807) is 20.8 Å². The first kappa shape index (κ1) is 23.1. The molecule has 0 radical (unpaired) electrons. The van der Waals surface area contributed by atoms with Crippen molar-refractivity contribution >= 4 is 24.6 Å². The van der Waals surface area contributed by atoms with Gasteiger partial charge in [-0.2, -0.15) is 0 Å². The van der Waals surface area contributed by atoms with E-state index in [4.69, 9.17) is 14.0 Å². The molecule has 1 amide bonds. The van der Waals surface area contributed by atoms with Crippen LogP contribution in [-0.2, 0) is 25.3 Å². The van der Waals surface area contributed by atoms with Crippen LogP contribution in [0, 0.1) is 5.82 Å². The molecule has 0 saturated carbocycles. The van der Waals surface area contributed by atoms with Crippen molar-refractivity contribution in [1.29, 1.82) is 0 Å². The van der Waals surface area contributed by atoms with E-state index in [0.29, 0.717) is 5.46 Å². The maximum Gasteiger partial charge on any atom is 0.496 e. The quantitative estimate of drug-likeness (QED) is 0.716. The van der Waals surface area contributed by atoms with E-state index >= 15 is 0 Å². The van der Waals surface area contributed by atoms with Crippen LogP contribution in [0.4, 0.5) is 9.18 Å². The Morgan fingerprint density at radius 2 is 1.83 bits per heavy atom. The lowest BCUT2D eigenvalue weighted by atomic mass is 9.80. The molecule has 2 heterocycles. The maximum atomic E-state index is 14.6. The number of aromatic nitrogens is 1. The zero-order chi connectivity index (χ0) is 22.2. The first-order valence-corrected chi connectivity index (χ1v) is 9.33. The van der Waals surface area contributed by atoms with Gasteiger partial charge in [0, 0.05) is 18.1 Å². The van der Waals surface area contributed by atoms with E-state index in [0.717, 1.165) is 0 Å². The minimum absolute atomic E-state index is 0.103. The number of carbonyl (C=O) groups excluding carboxylic acids is 1. The largest absolute Gasteiger partial charge is 0.496 e. The van der Waals surface area contributed by atoms with Gasteiger partial charge >= 0.3 is 19.2 Å². The molecule has 2 rings (SSSR count). The summed E-state index contributed by atoms with van der Waals surface area (Å²) in [4.78, 5) is 27.4. The molecule has 1 aromatic rings. The van der Waals surface area contributed by atoms with Crippen molar-refractivity contribution in [2.45, 2.75) is 77.7 Å². The van der Waals surface area contributed by atoms with Crippen LogP contribution < -0.4 is 10.8 Å². The summed E-state index contributed by atoms with van der Waals surface area (Å²) in [5.74, 6) is -2.04. The van der Waals surface area contributed by atoms with E-state index in [9.17, 15) is 19.1 Å². The molecule has 160 valence electrons. The van der Waals surface area contributed by atoms with Crippen LogP contribution in [0.3, 0.4) is 0 Å². The van der Waals surface area contributed by atoms with Crippen LogP contribution in [0.5, 0.6) is 0 Å². The molecular formula is C19H28BFN2O6. The molecule has 0 aliphatic carbocycles. The molecule has 0 aromatic carbocycles. The average molecular weight is 410 g/mol. The van der Waals surface area contributed by atoms with Gasteiger partial charge in [-0.05, 0) is 54.5 Å². The number of hydrogen-bond donors (Lipinski definition) is 2. The third-order valence-electron chi connectivity index (χ3n) is 4.85. The highest BCUT2D eigenvalue weighted by Gasteiger charge is 2.52. The Labute approximate surface area is 170 Å². The molecule has 0 spiro atoms. The number of amides is 1. The second-order valence-electron chi connectivity index (χ2n) is 9.03. The van der Waals surface area contributed by atoms with Crippen molar-refractivity contribution in [3.05, 3.63) is 23.8 Å². The van der Waals surface area contributed by atoms with Crippen LogP contribution in [0.1, 0.15) is 54.2 Å². The smallest absolute Gasteiger partial charge is 0.480 e. The number of carbonyl (C=O) groups is 2. The minimum Gasteiger partial charge on any atom is -0.480 e. The number of alkyl carbamates (subject to hydrolysis) is 1. The lowest BCUT2D eigenvalue weighted by Crippen LogP contribution is -2.45. The topological polar surface area (TPSA) is 107 Å². The summed E-state index contributed by atoms with van der Waals surface area (Å²) in [6, 6.07) is -0.189. The van der Waals surface area contributed by atoms with Gasteiger partial charge in [0.05, 0.1) is 16.9 Å². The Hall–Kier alpha value is -2.20. The van der Waals surface area contributed by atoms with Crippen molar-refractivity contribution in [2.75, 3.05) is 0 Å². The number of ether oxygens (including phenoxy) is 1. The number of rotatable bonds is 5. The number of nitrogens with one attached hydrogen (secondary N) is 1. The molecule has 1 unspecified atom stereocenters. The molecule has 1 aliphatic rings. The molecule has 1 aliphatic heterocycles. The summed E-state index contributed by atoms with van der Waals surface area (Å²) in [7, 11) is -0.786. The van der Waals surface area contributed by atoms with Crippen molar-refractivity contribution in [2.24, 2.45) is 0 Å². The summed E-state index contributed by atoms with van der Waals surface area (Å²) in [5, 5.41) is 11.6. The molecule has 1 atom stereocenters. The summed E-state index contributed by atoms with van der Waals surface area (Å²) in [6.07, 6.45) is 0.135. The van der Waals surface area contributed by atoms with Gasteiger partial charge in [0.1, 0.15) is 17.5 Å². The summed E-state index contributed by atoms with van der Waals surface area (Å²) < 4.78 is 31.4. The number of halogens is 1. The number of hydrogen-bond acceptors (Lipinski definition) is 6. The van der Waals surface area contributed by atoms with Crippen LogP contribution >= 0.6 is 0 Å². The van der Waals surface area contributed by atoms with Gasteiger partial charge in [0.15, 0.2) is 0 Å². The van der Waals surface area contributed by atoms with Gasteiger partial charge in [0.2, 0.25) is 0 Å². The molecule has 1 aromatic heterocycles. The predicted molar refractivity (Wildman–Crippen MR) is 104 cm³/mol. The molecule has 0 bridgehead atoms. The van der Waals surface area contributed by atoms with Gasteiger partial charge in [-0.15, -0.1) is 0 Å². The van der Waals surface area contributed by atoms with E-state index < -0.39 is 47.8 Å². The zero-order valence-electron chi connectivity index (χ0n) is 17.8. The number of carboxylic acid groups (broad SMARTS) is 1. The number of pyridine rings is 1. The van der Waals surface area contributed by atoms with E-state index in [1.807, 2.05) is 27.7 Å². The molecular weight excluding hydrogens is 382 g/mol. The Morgan fingerprint density at radius 1 is 1.28 bits per heavy atom. The monoisotopic (exact) mass is 410 g/mol. The van der Waals surface area contributed by atoms with Gasteiger partial charge in [-0.1, -0.05) is 0 Å². The van der Waals surface area contributed by atoms with Gasteiger partial charge in [-0.25, -0.2) is 14.0 Å². The molecule has 8 nitrogen and oxygen atoms in total. The Bertz CT molecular complexity index is 777. The standard InChI is InChI=1S/C19H28BFN2O6/c1-17(2,3)27-16(26)23-14(15(24)25)9-13-12(21)8-11(10-22-13)20-28-18(4,5)19(6,7)29-20/h8,10,14H,9H2,1-7H3,(H,23,26)(H,24,25). The summed E-state index contributed by atoms with van der Waals surface area (Å²) >= 11 is 0. The van der Waals surface area contributed by atoms with Crippen LogP contribution in [0.2, 0.25) is 0 Å². The SMILES string of the molecule is CC(C)(C)OC(=O)NC(Cc1ncc(B2OC(C)(C)C(C)(C)O2)cc1F)C(=O)O. The lowest BCUT2D eigenvalue weighted by molar-refractivity contribution is -0.139. The number of carboxylic acids is 1. The molecule has 29 heavy (non-hydrogen) atoms. The van der Waals surface area contributed by atoms with Gasteiger partial charge in [-0.3, -0.25) is 4.98 Å². The Kier molecular flexibility index (Phi) is 6.30. The van der Waals surface area contributed by atoms with E-state index in [1.165, 1.54) is 12.3 Å². The normalized spacial score (nSPS) is 19.0. The molecule has 1 fully saturated rings. The average Bonchev–Trinajstić information content (AvgIpc) is 2.74. The van der Waals surface area contributed by atoms with Crippen LogP contribution in [0.15, 0.2) is 12.3 Å². The van der Waals surface area contributed by atoms with Crippen molar-refractivity contribution < 1.29 is 33.1 Å². The van der Waals surface area contributed by atoms with E-state index in [-0.39, 0.29) is 12.1 Å². The van der Waals surface area contributed by atoms with Crippen molar-refractivity contribution in [1.82, 2.24) is 10.3 Å². The third-order valence-corrected chi connectivity index (χ3v) is 4.85. The van der Waals surface area contributed by atoms with Crippen molar-refractivity contribution in [3.63, 3.8) is 0 Å². The predicted octanol–water partition coefficient (Wildman–Crippen LogP) is 2.04. The molecule has 1 saturated heterocycles. The second-order valence-corrected chi connectivity index (χ2v) is 9.03. The number of nitrogens with zero attached hydrogens (tertiary/aromatic N) is 1. The first-order valence-electron chi connectivity index (χ1n) is 9.33. The Balaban J connectivity index is 2.13.